The van der Waals surface area contributed by atoms with E-state index in [1.54, 1.807) is 0 Å². The van der Waals surface area contributed by atoms with E-state index in [0.717, 1.165) is 28.5 Å². The average Bonchev–Trinajstić information content (AvgIpc) is 2.28. The van der Waals surface area contributed by atoms with Gasteiger partial charge in [-0.15, -0.1) is 0 Å². The number of pyridine rings is 1. The van der Waals surface area contributed by atoms with Crippen molar-refractivity contribution in [2.45, 2.75) is 20.5 Å². The van der Waals surface area contributed by atoms with Crippen molar-refractivity contribution in [1.82, 2.24) is 4.98 Å². The van der Waals surface area contributed by atoms with Gasteiger partial charge in [-0.3, -0.25) is 4.98 Å². The lowest BCUT2D eigenvalue weighted by Gasteiger charge is -2.08. The molecule has 17 heavy (non-hydrogen) atoms. The number of aromatic nitrogens is 1. The molecule has 1 aromatic carbocycles. The lowest BCUT2D eigenvalue weighted by molar-refractivity contribution is 0.281. The lowest BCUT2D eigenvalue weighted by atomic mass is 10.2. The van der Waals surface area contributed by atoms with Gasteiger partial charge in [0.1, 0.15) is 11.5 Å². The molecule has 1 heterocycles. The van der Waals surface area contributed by atoms with Crippen molar-refractivity contribution >= 4 is 0 Å². The normalized spacial score (nSPS) is 10.3. The van der Waals surface area contributed by atoms with E-state index in [1.165, 1.54) is 0 Å². The summed E-state index contributed by atoms with van der Waals surface area (Å²) in [6, 6.07) is 11.2. The molecule has 0 radical (unpaired) electrons. The predicted molar refractivity (Wildman–Crippen MR) is 66.1 cm³/mol. The number of aryl methyl sites for hydroxylation is 2. The Labute approximate surface area is 101 Å². The highest BCUT2D eigenvalue weighted by molar-refractivity contribution is 5.35. The zero-order chi connectivity index (χ0) is 12.3. The highest BCUT2D eigenvalue weighted by Crippen LogP contribution is 2.23. The fourth-order valence-electron chi connectivity index (χ4n) is 1.70. The molecule has 0 spiro atoms. The Balaban J connectivity index is 2.24. The van der Waals surface area contributed by atoms with Crippen LogP contribution in [0.2, 0.25) is 0 Å². The molecular formula is C14H15NO2. The summed E-state index contributed by atoms with van der Waals surface area (Å²) in [6.07, 6.45) is 0. The van der Waals surface area contributed by atoms with E-state index in [0.29, 0.717) is 0 Å². The van der Waals surface area contributed by atoms with Gasteiger partial charge in [0.2, 0.25) is 0 Å². The number of rotatable bonds is 3. The van der Waals surface area contributed by atoms with Crippen LogP contribution >= 0.6 is 0 Å². The molecule has 0 saturated carbocycles. The summed E-state index contributed by atoms with van der Waals surface area (Å²) in [5.41, 5.74) is 2.70. The maximum atomic E-state index is 9.05. The number of benzene rings is 1. The van der Waals surface area contributed by atoms with Gasteiger partial charge in [0.05, 0.1) is 6.61 Å². The highest BCUT2D eigenvalue weighted by Gasteiger charge is 2.01. The van der Waals surface area contributed by atoms with Crippen LogP contribution in [0.25, 0.3) is 0 Å². The van der Waals surface area contributed by atoms with Crippen LogP contribution in [-0.2, 0) is 6.61 Å². The fraction of sp³-hybridized carbons (Fsp3) is 0.214. The molecule has 0 saturated heterocycles. The third kappa shape index (κ3) is 3.04. The lowest BCUT2D eigenvalue weighted by Crippen LogP contribution is -1.91. The van der Waals surface area contributed by atoms with Crippen LogP contribution in [0, 0.1) is 13.8 Å². The van der Waals surface area contributed by atoms with Gasteiger partial charge in [-0.2, -0.15) is 0 Å². The zero-order valence-corrected chi connectivity index (χ0v) is 9.97. The number of aliphatic hydroxyl groups excluding tert-OH is 1. The van der Waals surface area contributed by atoms with Gasteiger partial charge in [-0.05, 0) is 31.5 Å². The average molecular weight is 229 g/mol. The van der Waals surface area contributed by atoms with Crippen LogP contribution in [-0.4, -0.2) is 10.1 Å². The summed E-state index contributed by atoms with van der Waals surface area (Å²) in [4.78, 5) is 4.29. The second-order valence-corrected chi connectivity index (χ2v) is 3.99. The number of ether oxygens (including phenoxy) is 1. The maximum Gasteiger partial charge on any atom is 0.131 e. The van der Waals surface area contributed by atoms with Crippen LogP contribution < -0.4 is 4.74 Å². The minimum absolute atomic E-state index is 0.0194. The molecular weight excluding hydrogens is 214 g/mol. The van der Waals surface area contributed by atoms with Crippen molar-refractivity contribution in [1.29, 1.82) is 0 Å². The van der Waals surface area contributed by atoms with Crippen molar-refractivity contribution in [3.05, 3.63) is 53.3 Å². The molecule has 88 valence electrons. The summed E-state index contributed by atoms with van der Waals surface area (Å²) in [7, 11) is 0. The molecule has 0 unspecified atom stereocenters. The van der Waals surface area contributed by atoms with Gasteiger partial charge in [0.15, 0.2) is 0 Å². The molecule has 2 aromatic rings. The third-order valence-electron chi connectivity index (χ3n) is 2.37. The second kappa shape index (κ2) is 4.97. The summed E-state index contributed by atoms with van der Waals surface area (Å²) >= 11 is 0. The Hall–Kier alpha value is -1.87. The van der Waals surface area contributed by atoms with Crippen LogP contribution in [0.15, 0.2) is 36.4 Å². The Kier molecular flexibility index (Phi) is 3.40. The Morgan fingerprint density at radius 3 is 2.41 bits per heavy atom. The van der Waals surface area contributed by atoms with E-state index in [1.807, 2.05) is 50.2 Å². The predicted octanol–water partition coefficient (Wildman–Crippen LogP) is 2.98. The first kappa shape index (κ1) is 11.6. The molecule has 0 amide bonds. The molecule has 3 heteroatoms. The van der Waals surface area contributed by atoms with E-state index in [2.05, 4.69) is 4.98 Å². The van der Waals surface area contributed by atoms with Crippen molar-refractivity contribution in [2.24, 2.45) is 0 Å². The van der Waals surface area contributed by atoms with E-state index in [9.17, 15) is 0 Å². The maximum absolute atomic E-state index is 9.05. The minimum atomic E-state index is 0.0194. The number of aliphatic hydroxyl groups is 1. The summed E-state index contributed by atoms with van der Waals surface area (Å²) in [5.74, 6) is 1.49. The molecule has 0 atom stereocenters. The fourth-order valence-corrected chi connectivity index (χ4v) is 1.70. The molecule has 1 N–H and O–H groups in total. The quantitative estimate of drug-likeness (QED) is 0.879. The van der Waals surface area contributed by atoms with Crippen molar-refractivity contribution in [3.8, 4) is 11.5 Å². The Morgan fingerprint density at radius 2 is 1.76 bits per heavy atom. The summed E-state index contributed by atoms with van der Waals surface area (Å²) < 4.78 is 5.73. The zero-order valence-electron chi connectivity index (χ0n) is 9.97. The van der Waals surface area contributed by atoms with Gasteiger partial charge in [-0.25, -0.2) is 0 Å². The van der Waals surface area contributed by atoms with Gasteiger partial charge in [-0.1, -0.05) is 12.1 Å². The number of hydrogen-bond acceptors (Lipinski definition) is 3. The molecule has 0 fully saturated rings. The first-order valence-electron chi connectivity index (χ1n) is 5.50. The molecule has 2 rings (SSSR count). The number of hydrogen-bond donors (Lipinski definition) is 1. The van der Waals surface area contributed by atoms with Gasteiger partial charge in [0, 0.05) is 23.5 Å². The highest BCUT2D eigenvalue weighted by atomic mass is 16.5. The van der Waals surface area contributed by atoms with Gasteiger partial charge < -0.3 is 9.84 Å². The van der Waals surface area contributed by atoms with Gasteiger partial charge in [0.25, 0.3) is 0 Å². The SMILES string of the molecule is Cc1cc(Oc2cccc(CO)c2)cc(C)n1. The van der Waals surface area contributed by atoms with Crippen molar-refractivity contribution < 1.29 is 9.84 Å². The van der Waals surface area contributed by atoms with E-state index < -0.39 is 0 Å². The number of nitrogens with zero attached hydrogens (tertiary/aromatic N) is 1. The molecule has 0 aliphatic rings. The monoisotopic (exact) mass is 229 g/mol. The molecule has 1 aromatic heterocycles. The van der Waals surface area contributed by atoms with Crippen LogP contribution in [0.3, 0.4) is 0 Å². The molecule has 3 nitrogen and oxygen atoms in total. The third-order valence-corrected chi connectivity index (χ3v) is 2.37. The molecule has 0 bridgehead atoms. The van der Waals surface area contributed by atoms with Crippen LogP contribution in [0.1, 0.15) is 17.0 Å². The standard InChI is InChI=1S/C14H15NO2/c1-10-6-14(7-11(2)15-10)17-13-5-3-4-12(8-13)9-16/h3-8,16H,9H2,1-2H3. The summed E-state index contributed by atoms with van der Waals surface area (Å²) in [5, 5.41) is 9.05. The molecule has 0 aliphatic heterocycles. The second-order valence-electron chi connectivity index (χ2n) is 3.99. The topological polar surface area (TPSA) is 42.4 Å². The van der Waals surface area contributed by atoms with Crippen LogP contribution in [0.5, 0.6) is 11.5 Å². The first-order valence-corrected chi connectivity index (χ1v) is 5.50. The van der Waals surface area contributed by atoms with Crippen LogP contribution in [0.4, 0.5) is 0 Å². The van der Waals surface area contributed by atoms with Crippen molar-refractivity contribution in [2.75, 3.05) is 0 Å². The minimum Gasteiger partial charge on any atom is -0.457 e. The Morgan fingerprint density at radius 1 is 1.06 bits per heavy atom. The summed E-state index contributed by atoms with van der Waals surface area (Å²) in [6.45, 7) is 3.89. The van der Waals surface area contributed by atoms with E-state index in [-0.39, 0.29) is 6.61 Å². The van der Waals surface area contributed by atoms with Gasteiger partial charge >= 0.3 is 0 Å². The van der Waals surface area contributed by atoms with Crippen molar-refractivity contribution in [3.63, 3.8) is 0 Å². The molecule has 0 aliphatic carbocycles. The Bertz CT molecular complexity index is 503. The van der Waals surface area contributed by atoms with E-state index in [4.69, 9.17) is 9.84 Å². The van der Waals surface area contributed by atoms with E-state index >= 15 is 0 Å². The largest absolute Gasteiger partial charge is 0.457 e. The first-order chi connectivity index (χ1) is 8.17. The smallest absolute Gasteiger partial charge is 0.131 e.